The monoisotopic (exact) mass is 279 g/mol. The average Bonchev–Trinajstić information content (AvgIpc) is 2.29. The molecule has 0 aliphatic carbocycles. The molecule has 0 amide bonds. The second kappa shape index (κ2) is 5.79. The van der Waals surface area contributed by atoms with Crippen LogP contribution in [0.15, 0.2) is 24.2 Å². The molecule has 7 heteroatoms. The number of ether oxygens (including phenoxy) is 1. The van der Waals surface area contributed by atoms with Crippen LogP contribution in [-0.4, -0.2) is 16.6 Å². The SMILES string of the molecule is Cc1ncc(N)cc1N(N)/C=C(\N)C(=O)OC(C)(C)C. The normalized spacial score (nSPS) is 12.2. The van der Waals surface area contributed by atoms with Crippen LogP contribution in [0.1, 0.15) is 26.5 Å². The largest absolute Gasteiger partial charge is 0.455 e. The number of hydrogen-bond donors (Lipinski definition) is 3. The molecular weight excluding hydrogens is 258 g/mol. The van der Waals surface area contributed by atoms with Crippen molar-refractivity contribution in [2.45, 2.75) is 33.3 Å². The summed E-state index contributed by atoms with van der Waals surface area (Å²) in [5, 5.41) is 1.19. The van der Waals surface area contributed by atoms with E-state index < -0.39 is 11.6 Å². The first-order chi connectivity index (χ1) is 9.10. The number of anilines is 2. The second-order valence-electron chi connectivity index (χ2n) is 5.37. The number of nitrogens with two attached hydrogens (primary N) is 3. The van der Waals surface area contributed by atoms with Crippen molar-refractivity contribution in [3.05, 3.63) is 29.9 Å². The molecular formula is C13H21N5O2. The number of aromatic nitrogens is 1. The van der Waals surface area contributed by atoms with Gasteiger partial charge in [-0.3, -0.25) is 9.99 Å². The minimum Gasteiger partial charge on any atom is -0.455 e. The van der Waals surface area contributed by atoms with Crippen LogP contribution in [0.2, 0.25) is 0 Å². The molecule has 0 radical (unpaired) electrons. The van der Waals surface area contributed by atoms with Gasteiger partial charge in [-0.15, -0.1) is 0 Å². The Morgan fingerprint density at radius 1 is 1.45 bits per heavy atom. The Hall–Kier alpha value is -2.28. The molecule has 1 aromatic heterocycles. The van der Waals surface area contributed by atoms with E-state index in [2.05, 4.69) is 4.98 Å². The lowest BCUT2D eigenvalue weighted by atomic mass is 10.2. The van der Waals surface area contributed by atoms with Crippen LogP contribution >= 0.6 is 0 Å². The zero-order valence-electron chi connectivity index (χ0n) is 12.2. The van der Waals surface area contributed by atoms with Gasteiger partial charge in [0.05, 0.1) is 29.5 Å². The third kappa shape index (κ3) is 4.43. The summed E-state index contributed by atoms with van der Waals surface area (Å²) in [4.78, 5) is 15.8. The number of hydrazine groups is 1. The van der Waals surface area contributed by atoms with Crippen molar-refractivity contribution in [3.8, 4) is 0 Å². The zero-order chi connectivity index (χ0) is 15.5. The van der Waals surface area contributed by atoms with Crippen molar-refractivity contribution in [3.63, 3.8) is 0 Å². The average molecular weight is 279 g/mol. The molecule has 1 rings (SSSR count). The number of rotatable bonds is 3. The number of nitrogens with zero attached hydrogens (tertiary/aromatic N) is 2. The van der Waals surface area contributed by atoms with E-state index in [1.165, 1.54) is 17.4 Å². The molecule has 0 saturated carbocycles. The minimum absolute atomic E-state index is 0.107. The topological polar surface area (TPSA) is 120 Å². The Labute approximate surface area is 118 Å². The number of pyridine rings is 1. The smallest absolute Gasteiger partial charge is 0.356 e. The predicted octanol–water partition coefficient (Wildman–Crippen LogP) is 0.794. The zero-order valence-corrected chi connectivity index (χ0v) is 12.2. The van der Waals surface area contributed by atoms with Gasteiger partial charge in [-0.2, -0.15) is 0 Å². The highest BCUT2D eigenvalue weighted by Crippen LogP contribution is 2.19. The maximum absolute atomic E-state index is 11.7. The maximum atomic E-state index is 11.7. The molecule has 110 valence electrons. The van der Waals surface area contributed by atoms with E-state index in [0.717, 1.165) is 0 Å². The molecule has 7 nitrogen and oxygen atoms in total. The third-order valence-corrected chi connectivity index (χ3v) is 2.27. The van der Waals surface area contributed by atoms with Crippen LogP contribution in [0.3, 0.4) is 0 Å². The van der Waals surface area contributed by atoms with Crippen molar-refractivity contribution >= 4 is 17.3 Å². The summed E-state index contributed by atoms with van der Waals surface area (Å²) >= 11 is 0. The van der Waals surface area contributed by atoms with Crippen LogP contribution in [0.4, 0.5) is 11.4 Å². The Kier molecular flexibility index (Phi) is 4.57. The van der Waals surface area contributed by atoms with Crippen LogP contribution < -0.4 is 22.3 Å². The lowest BCUT2D eigenvalue weighted by Gasteiger charge is -2.21. The summed E-state index contributed by atoms with van der Waals surface area (Å²) in [6, 6.07) is 1.64. The molecule has 0 saturated heterocycles. The highest BCUT2D eigenvalue weighted by atomic mass is 16.6. The van der Waals surface area contributed by atoms with Crippen LogP contribution in [-0.2, 0) is 9.53 Å². The molecule has 1 heterocycles. The van der Waals surface area contributed by atoms with Crippen LogP contribution in [0.25, 0.3) is 0 Å². The van der Waals surface area contributed by atoms with Gasteiger partial charge in [0.2, 0.25) is 0 Å². The Balaban J connectivity index is 2.92. The number of carbonyl (C=O) groups is 1. The minimum atomic E-state index is -0.637. The van der Waals surface area contributed by atoms with Gasteiger partial charge in [0.15, 0.2) is 0 Å². The summed E-state index contributed by atoms with van der Waals surface area (Å²) in [6.45, 7) is 7.03. The fourth-order valence-electron chi connectivity index (χ4n) is 1.41. The van der Waals surface area contributed by atoms with E-state index >= 15 is 0 Å². The first kappa shape index (κ1) is 15.8. The second-order valence-corrected chi connectivity index (χ2v) is 5.37. The molecule has 0 fully saturated rings. The highest BCUT2D eigenvalue weighted by Gasteiger charge is 2.19. The molecule has 6 N–H and O–H groups in total. The van der Waals surface area contributed by atoms with Crippen molar-refractivity contribution in [1.29, 1.82) is 0 Å². The van der Waals surface area contributed by atoms with Gasteiger partial charge in [-0.1, -0.05) is 0 Å². The Morgan fingerprint density at radius 3 is 2.60 bits per heavy atom. The number of carbonyl (C=O) groups excluding carboxylic acids is 1. The molecule has 0 spiro atoms. The predicted molar refractivity (Wildman–Crippen MR) is 78.2 cm³/mol. The first-order valence-corrected chi connectivity index (χ1v) is 6.07. The molecule has 1 aromatic rings. The lowest BCUT2D eigenvalue weighted by Crippen LogP contribution is -2.31. The molecule has 20 heavy (non-hydrogen) atoms. The van der Waals surface area contributed by atoms with Crippen molar-refractivity contribution in [2.24, 2.45) is 11.6 Å². The van der Waals surface area contributed by atoms with Crippen molar-refractivity contribution in [1.82, 2.24) is 4.98 Å². The number of hydrogen-bond acceptors (Lipinski definition) is 7. The molecule has 0 aromatic carbocycles. The van der Waals surface area contributed by atoms with E-state index in [9.17, 15) is 4.79 Å². The summed E-state index contributed by atoms with van der Waals surface area (Å²) in [5.74, 6) is 5.20. The quantitative estimate of drug-likeness (QED) is 0.324. The first-order valence-electron chi connectivity index (χ1n) is 6.07. The Morgan fingerprint density at radius 2 is 2.05 bits per heavy atom. The van der Waals surface area contributed by atoms with Crippen molar-refractivity contribution in [2.75, 3.05) is 10.7 Å². The van der Waals surface area contributed by atoms with Gasteiger partial charge in [-0.25, -0.2) is 10.6 Å². The van der Waals surface area contributed by atoms with Gasteiger partial charge in [0, 0.05) is 0 Å². The van der Waals surface area contributed by atoms with Crippen molar-refractivity contribution < 1.29 is 9.53 Å². The number of esters is 1. The van der Waals surface area contributed by atoms with Gasteiger partial charge < -0.3 is 16.2 Å². The fraction of sp³-hybridized carbons (Fsp3) is 0.385. The maximum Gasteiger partial charge on any atom is 0.356 e. The van der Waals surface area contributed by atoms with Gasteiger partial charge in [0.25, 0.3) is 0 Å². The lowest BCUT2D eigenvalue weighted by molar-refractivity contribution is -0.149. The van der Waals surface area contributed by atoms with Crippen LogP contribution in [0, 0.1) is 6.92 Å². The van der Waals surface area contributed by atoms with E-state index in [1.54, 1.807) is 33.8 Å². The van der Waals surface area contributed by atoms with Crippen LogP contribution in [0.5, 0.6) is 0 Å². The molecule has 0 atom stereocenters. The van der Waals surface area contributed by atoms with Gasteiger partial charge in [-0.05, 0) is 33.8 Å². The van der Waals surface area contributed by atoms with E-state index in [4.69, 9.17) is 22.0 Å². The molecule has 0 aliphatic heterocycles. The highest BCUT2D eigenvalue weighted by molar-refractivity contribution is 5.88. The van der Waals surface area contributed by atoms with E-state index in [-0.39, 0.29) is 5.70 Å². The fourth-order valence-corrected chi connectivity index (χ4v) is 1.41. The summed E-state index contributed by atoms with van der Waals surface area (Å²) in [5.41, 5.74) is 12.3. The third-order valence-electron chi connectivity index (χ3n) is 2.27. The number of nitrogen functional groups attached to an aromatic ring is 1. The molecule has 0 bridgehead atoms. The molecule has 0 unspecified atom stereocenters. The molecule has 0 aliphatic rings. The van der Waals surface area contributed by atoms with E-state index in [1.807, 2.05) is 0 Å². The summed E-state index contributed by atoms with van der Waals surface area (Å²) in [6.07, 6.45) is 2.80. The van der Waals surface area contributed by atoms with Gasteiger partial charge in [0.1, 0.15) is 11.3 Å². The van der Waals surface area contributed by atoms with Gasteiger partial charge >= 0.3 is 5.97 Å². The summed E-state index contributed by atoms with van der Waals surface area (Å²) in [7, 11) is 0. The van der Waals surface area contributed by atoms with E-state index in [0.29, 0.717) is 17.1 Å². The summed E-state index contributed by atoms with van der Waals surface area (Å²) < 4.78 is 5.14. The number of aryl methyl sites for hydroxylation is 1. The Bertz CT molecular complexity index is 534. The standard InChI is InChI=1S/C13H21N5O2/c1-8-11(5-9(14)6-17-8)18(16)7-10(15)12(19)20-13(2,3)4/h5-7H,14-16H2,1-4H3/b10-7-.